The van der Waals surface area contributed by atoms with Crippen LogP contribution in [-0.4, -0.2) is 87.4 Å². The largest absolute Gasteiger partial charge is 0.477 e. The highest BCUT2D eigenvalue weighted by atomic mass is 16.7. The van der Waals surface area contributed by atoms with Crippen LogP contribution in [-0.2, 0) is 33.3 Å². The molecule has 0 saturated heterocycles. The minimum absolute atomic E-state index is 0.177. The third-order valence-corrected chi connectivity index (χ3v) is 16.6. The topological polar surface area (TPSA) is 108 Å². The lowest BCUT2D eigenvalue weighted by atomic mass is 10.0. The first kappa shape index (κ1) is 82.2. The molecule has 0 aromatic carbocycles. The summed E-state index contributed by atoms with van der Waals surface area (Å²) < 4.78 is 23.0. The van der Waals surface area contributed by atoms with Gasteiger partial charge in [0.1, 0.15) is 13.2 Å². The molecule has 0 aromatic rings. The molecule has 85 heavy (non-hydrogen) atoms. The summed E-state index contributed by atoms with van der Waals surface area (Å²) in [5, 5.41) is 9.76. The Morgan fingerprint density at radius 3 is 0.929 bits per heavy atom. The number of quaternary nitrogens is 1. The average molecular weight is 1200 g/mol. The van der Waals surface area contributed by atoms with Crippen LogP contribution in [0.1, 0.15) is 361 Å². The molecule has 0 saturated carbocycles. The molecule has 9 nitrogen and oxygen atoms in total. The smallest absolute Gasteiger partial charge is 0.361 e. The molecule has 0 spiro atoms. The summed E-state index contributed by atoms with van der Waals surface area (Å²) in [6, 6.07) is 0. The molecule has 0 bridgehead atoms. The fraction of sp³-hybridized carbons (Fsp3) is 0.855. The highest BCUT2D eigenvalue weighted by molar-refractivity contribution is 5.71. The normalized spacial score (nSPS) is 12.9. The molecule has 2 atom stereocenters. The first-order valence-corrected chi connectivity index (χ1v) is 36.8. The molecule has 0 amide bonds. The van der Waals surface area contributed by atoms with Gasteiger partial charge < -0.3 is 28.5 Å². The van der Waals surface area contributed by atoms with Gasteiger partial charge in [0.25, 0.3) is 6.29 Å². The van der Waals surface area contributed by atoms with E-state index >= 15 is 0 Å². The molecule has 0 heterocycles. The average Bonchev–Trinajstić information content (AvgIpc) is 3.49. The Labute approximate surface area is 527 Å². The summed E-state index contributed by atoms with van der Waals surface area (Å²) in [7, 11) is 5.99. The standard InChI is InChI=1S/C76H141NO8/c1-6-8-10-12-14-16-18-20-22-24-26-28-30-32-34-36-37-39-41-43-45-47-49-51-53-55-57-59-61-63-65-67-74(79)85-72(71-84-76(75(80)81)82-69-68-77(3,4)5)70-83-73(78)66-64-62-60-58-56-54-52-50-48-46-44-42-40-38-35-33-31-29-27-25-23-21-19-17-15-13-11-9-7-2/h18-21,24-27,72,76H,6-17,22-23,28-71H2,1-5H3/p+1/b20-18-,21-19-,26-24-,27-25-. The van der Waals surface area contributed by atoms with E-state index in [-0.39, 0.29) is 38.2 Å². The van der Waals surface area contributed by atoms with E-state index in [1.54, 1.807) is 0 Å². The number of rotatable bonds is 69. The Kier molecular flexibility index (Phi) is 65.0. The van der Waals surface area contributed by atoms with Gasteiger partial charge in [-0.2, -0.15) is 0 Å². The van der Waals surface area contributed by atoms with E-state index in [0.29, 0.717) is 17.4 Å². The van der Waals surface area contributed by atoms with Gasteiger partial charge in [-0.05, 0) is 77.0 Å². The Morgan fingerprint density at radius 1 is 0.353 bits per heavy atom. The molecule has 0 rings (SSSR count). The lowest BCUT2D eigenvalue weighted by Crippen LogP contribution is -2.40. The van der Waals surface area contributed by atoms with E-state index in [1.807, 2.05) is 21.1 Å². The number of carbonyl (C=O) groups is 3. The monoisotopic (exact) mass is 1200 g/mol. The van der Waals surface area contributed by atoms with Crippen molar-refractivity contribution >= 4 is 17.9 Å². The molecular weight excluding hydrogens is 1050 g/mol. The molecule has 0 aromatic heterocycles. The van der Waals surface area contributed by atoms with Crippen LogP contribution in [0.2, 0.25) is 0 Å². The predicted molar refractivity (Wildman–Crippen MR) is 364 cm³/mol. The van der Waals surface area contributed by atoms with E-state index in [2.05, 4.69) is 62.5 Å². The zero-order valence-corrected chi connectivity index (χ0v) is 57.0. The molecule has 0 aliphatic carbocycles. The summed E-state index contributed by atoms with van der Waals surface area (Å²) in [5.74, 6) is -1.98. The maximum atomic E-state index is 13.0. The van der Waals surface area contributed by atoms with Crippen molar-refractivity contribution in [2.75, 3.05) is 47.5 Å². The molecule has 0 aliphatic heterocycles. The van der Waals surface area contributed by atoms with Gasteiger partial charge in [-0.15, -0.1) is 0 Å². The number of aliphatic carboxylic acids is 1. The highest BCUT2D eigenvalue weighted by Gasteiger charge is 2.25. The number of esters is 2. The number of nitrogens with zero attached hydrogens (tertiary/aromatic N) is 1. The molecule has 0 fully saturated rings. The van der Waals surface area contributed by atoms with Gasteiger partial charge in [-0.25, -0.2) is 4.79 Å². The van der Waals surface area contributed by atoms with Gasteiger partial charge in [0.2, 0.25) is 0 Å². The Balaban J connectivity index is 4.05. The maximum absolute atomic E-state index is 13.0. The molecule has 9 heteroatoms. The summed E-state index contributed by atoms with van der Waals surface area (Å²) in [5.41, 5.74) is 0. The van der Waals surface area contributed by atoms with Crippen LogP contribution in [0.15, 0.2) is 48.6 Å². The van der Waals surface area contributed by atoms with Crippen molar-refractivity contribution in [1.29, 1.82) is 0 Å². The van der Waals surface area contributed by atoms with Crippen LogP contribution in [0.3, 0.4) is 0 Å². The molecule has 2 unspecified atom stereocenters. The van der Waals surface area contributed by atoms with E-state index in [9.17, 15) is 19.5 Å². The van der Waals surface area contributed by atoms with Crippen LogP contribution < -0.4 is 0 Å². The third kappa shape index (κ3) is 68.6. The van der Waals surface area contributed by atoms with Crippen LogP contribution in [0, 0.1) is 0 Å². The SMILES string of the molecule is CCCCCCC/C=C\C/C=C\CCCCCCCCCCCCCCCCCCCCCC(=O)OC(COC(=O)CCCCCCCCCCCCCCCCCCC/C=C\C/C=C\CCCCCCC)COC(OCC[N+](C)(C)C)C(=O)O. The van der Waals surface area contributed by atoms with Gasteiger partial charge in [0.05, 0.1) is 34.4 Å². The number of carbonyl (C=O) groups excluding carboxylic acids is 2. The number of likely N-dealkylation sites (N-methyl/N-ethyl adjacent to an activating group) is 1. The fourth-order valence-electron chi connectivity index (χ4n) is 10.9. The number of ether oxygens (including phenoxy) is 4. The van der Waals surface area contributed by atoms with Gasteiger partial charge in [-0.3, -0.25) is 9.59 Å². The van der Waals surface area contributed by atoms with Crippen molar-refractivity contribution in [2.45, 2.75) is 373 Å². The fourth-order valence-corrected chi connectivity index (χ4v) is 10.9. The highest BCUT2D eigenvalue weighted by Crippen LogP contribution is 2.19. The van der Waals surface area contributed by atoms with Crippen LogP contribution in [0.4, 0.5) is 0 Å². The third-order valence-electron chi connectivity index (χ3n) is 16.6. The van der Waals surface area contributed by atoms with Gasteiger partial charge in [0, 0.05) is 12.8 Å². The van der Waals surface area contributed by atoms with Crippen LogP contribution in [0.25, 0.3) is 0 Å². The number of allylic oxidation sites excluding steroid dienone is 8. The second kappa shape index (κ2) is 67.2. The maximum Gasteiger partial charge on any atom is 0.361 e. The van der Waals surface area contributed by atoms with Crippen molar-refractivity contribution in [1.82, 2.24) is 0 Å². The summed E-state index contributed by atoms with van der Waals surface area (Å²) in [6.45, 7) is 4.92. The zero-order valence-electron chi connectivity index (χ0n) is 57.0. The van der Waals surface area contributed by atoms with Crippen LogP contribution in [0.5, 0.6) is 0 Å². The Hall–Kier alpha value is -2.75. The lowest BCUT2D eigenvalue weighted by molar-refractivity contribution is -0.870. The van der Waals surface area contributed by atoms with Crippen molar-refractivity contribution in [3.05, 3.63) is 48.6 Å². The number of carboxylic acids is 1. The van der Waals surface area contributed by atoms with Gasteiger partial charge in [0.15, 0.2) is 6.10 Å². The first-order valence-electron chi connectivity index (χ1n) is 36.8. The van der Waals surface area contributed by atoms with Crippen molar-refractivity contribution in [3.8, 4) is 0 Å². The second-order valence-corrected chi connectivity index (χ2v) is 26.3. The first-order chi connectivity index (χ1) is 41.6. The molecule has 0 aliphatic rings. The lowest BCUT2D eigenvalue weighted by Gasteiger charge is -2.25. The van der Waals surface area contributed by atoms with Crippen molar-refractivity contribution in [3.63, 3.8) is 0 Å². The minimum Gasteiger partial charge on any atom is -0.477 e. The number of unbranched alkanes of at least 4 members (excludes halogenated alkanes) is 46. The van der Waals surface area contributed by atoms with E-state index < -0.39 is 18.4 Å². The van der Waals surface area contributed by atoms with E-state index in [4.69, 9.17) is 18.9 Å². The predicted octanol–water partition coefficient (Wildman–Crippen LogP) is 22.9. The number of hydrogen-bond acceptors (Lipinski definition) is 7. The van der Waals surface area contributed by atoms with Crippen molar-refractivity contribution < 1.29 is 42.9 Å². The summed E-state index contributed by atoms with van der Waals surface area (Å²) >= 11 is 0. The molecule has 1 N–H and O–H groups in total. The van der Waals surface area contributed by atoms with Crippen LogP contribution >= 0.6 is 0 Å². The van der Waals surface area contributed by atoms with Gasteiger partial charge >= 0.3 is 17.9 Å². The van der Waals surface area contributed by atoms with E-state index in [0.717, 1.165) is 51.4 Å². The second-order valence-electron chi connectivity index (χ2n) is 26.3. The molecule has 498 valence electrons. The Bertz CT molecular complexity index is 1530. The summed E-state index contributed by atoms with van der Waals surface area (Å²) in [4.78, 5) is 37.7. The number of hydrogen-bond donors (Lipinski definition) is 1. The van der Waals surface area contributed by atoms with E-state index in [1.165, 1.54) is 283 Å². The number of carboxylic acid groups (broad SMARTS) is 1. The molecular formula is C76H142NO8+. The molecule has 0 radical (unpaired) electrons. The zero-order chi connectivity index (χ0) is 61.9. The quantitative estimate of drug-likeness (QED) is 0.0211. The van der Waals surface area contributed by atoms with Gasteiger partial charge in [-0.1, -0.05) is 319 Å². The Morgan fingerprint density at radius 2 is 0.635 bits per heavy atom. The minimum atomic E-state index is -1.51. The summed E-state index contributed by atoms with van der Waals surface area (Å²) in [6.07, 6.45) is 83.8. The van der Waals surface area contributed by atoms with Crippen molar-refractivity contribution in [2.24, 2.45) is 0 Å².